The lowest BCUT2D eigenvalue weighted by Gasteiger charge is -2.19. The van der Waals surface area contributed by atoms with E-state index in [0.29, 0.717) is 18.3 Å². The molecule has 0 saturated heterocycles. The second-order valence-corrected chi connectivity index (χ2v) is 9.14. The quantitative estimate of drug-likeness (QED) is 0.366. The molecule has 0 saturated carbocycles. The Morgan fingerprint density at radius 1 is 1.18 bits per heavy atom. The van der Waals surface area contributed by atoms with Crippen LogP contribution >= 0.6 is 0 Å². The molecular formula is C17H37N3OS. The molecule has 0 aliphatic rings. The maximum Gasteiger partial charge on any atom is 0.191 e. The van der Waals surface area contributed by atoms with Crippen LogP contribution in [-0.4, -0.2) is 39.8 Å². The molecule has 4 nitrogen and oxygen atoms in total. The Bertz CT molecular complexity index is 337. The van der Waals surface area contributed by atoms with Gasteiger partial charge in [0.15, 0.2) is 5.96 Å². The van der Waals surface area contributed by atoms with Crippen LogP contribution < -0.4 is 10.6 Å². The van der Waals surface area contributed by atoms with Crippen molar-refractivity contribution < 1.29 is 4.21 Å². The highest BCUT2D eigenvalue weighted by molar-refractivity contribution is 7.86. The molecule has 0 spiro atoms. The number of rotatable bonds is 10. The van der Waals surface area contributed by atoms with Crippen LogP contribution in [0, 0.1) is 0 Å². The third-order valence-corrected chi connectivity index (χ3v) is 5.37. The number of aliphatic imine (C=N–C) groups is 1. The minimum absolute atomic E-state index is 0.159. The van der Waals surface area contributed by atoms with Gasteiger partial charge in [0.05, 0.1) is 6.54 Å². The Kier molecular flexibility index (Phi) is 11.6. The van der Waals surface area contributed by atoms with Crippen LogP contribution in [0.15, 0.2) is 4.99 Å². The number of unbranched alkanes of at least 4 members (excludes halogenated alkanes) is 3. The van der Waals surface area contributed by atoms with Crippen LogP contribution in [0.25, 0.3) is 0 Å². The van der Waals surface area contributed by atoms with E-state index in [-0.39, 0.29) is 4.75 Å². The SMILES string of the molecule is CCCCCCC(C)NC(=NCCS(=O)C(C)(C)C)NCC. The lowest BCUT2D eigenvalue weighted by atomic mass is 10.1. The van der Waals surface area contributed by atoms with Gasteiger partial charge in [-0.1, -0.05) is 32.6 Å². The molecule has 0 heterocycles. The second-order valence-electron chi connectivity index (χ2n) is 6.82. The molecule has 132 valence electrons. The Balaban J connectivity index is 4.22. The van der Waals surface area contributed by atoms with E-state index in [2.05, 4.69) is 36.4 Å². The normalized spacial score (nSPS) is 15.5. The number of hydrogen-bond donors (Lipinski definition) is 2. The van der Waals surface area contributed by atoms with Gasteiger partial charge >= 0.3 is 0 Å². The molecule has 0 bridgehead atoms. The molecular weight excluding hydrogens is 294 g/mol. The fourth-order valence-electron chi connectivity index (χ4n) is 2.05. The van der Waals surface area contributed by atoms with E-state index >= 15 is 0 Å². The van der Waals surface area contributed by atoms with Crippen LogP contribution in [0.5, 0.6) is 0 Å². The van der Waals surface area contributed by atoms with Gasteiger partial charge < -0.3 is 10.6 Å². The minimum Gasteiger partial charge on any atom is -0.357 e. The summed E-state index contributed by atoms with van der Waals surface area (Å²) in [6.45, 7) is 14.0. The third-order valence-electron chi connectivity index (χ3n) is 3.45. The Labute approximate surface area is 140 Å². The molecule has 0 aliphatic heterocycles. The first kappa shape index (κ1) is 21.4. The highest BCUT2D eigenvalue weighted by Gasteiger charge is 2.18. The van der Waals surface area contributed by atoms with E-state index in [1.165, 1.54) is 32.1 Å². The summed E-state index contributed by atoms with van der Waals surface area (Å²) in [4.78, 5) is 4.55. The summed E-state index contributed by atoms with van der Waals surface area (Å²) in [7, 11) is -0.840. The predicted octanol–water partition coefficient (Wildman–Crippen LogP) is 3.45. The van der Waals surface area contributed by atoms with Crippen LogP contribution in [0.4, 0.5) is 0 Å². The third kappa shape index (κ3) is 11.0. The minimum atomic E-state index is -0.840. The summed E-state index contributed by atoms with van der Waals surface area (Å²) in [6, 6.07) is 0.419. The van der Waals surface area contributed by atoms with Gasteiger partial charge in [0.2, 0.25) is 0 Å². The molecule has 5 heteroatoms. The van der Waals surface area contributed by atoms with E-state index in [0.717, 1.165) is 12.5 Å². The molecule has 0 aromatic heterocycles. The van der Waals surface area contributed by atoms with Crippen LogP contribution in [-0.2, 0) is 10.8 Å². The summed E-state index contributed by atoms with van der Waals surface area (Å²) in [6.07, 6.45) is 6.32. The van der Waals surface area contributed by atoms with Crippen LogP contribution in [0.1, 0.15) is 73.6 Å². The van der Waals surface area contributed by atoms with Gasteiger partial charge in [0.1, 0.15) is 0 Å². The monoisotopic (exact) mass is 331 g/mol. The highest BCUT2D eigenvalue weighted by Crippen LogP contribution is 2.10. The summed E-state index contributed by atoms with van der Waals surface area (Å²) in [5.74, 6) is 1.46. The van der Waals surface area contributed by atoms with Gasteiger partial charge in [-0.3, -0.25) is 9.20 Å². The van der Waals surface area contributed by atoms with Crippen molar-refractivity contribution in [2.24, 2.45) is 4.99 Å². The van der Waals surface area contributed by atoms with Crippen LogP contribution in [0.3, 0.4) is 0 Å². The van der Waals surface area contributed by atoms with Gasteiger partial charge in [-0.05, 0) is 41.0 Å². The summed E-state index contributed by atoms with van der Waals surface area (Å²) >= 11 is 0. The maximum absolute atomic E-state index is 12.0. The van der Waals surface area contributed by atoms with Crippen molar-refractivity contribution in [1.82, 2.24) is 10.6 Å². The van der Waals surface area contributed by atoms with E-state index in [1.807, 2.05) is 20.8 Å². The molecule has 0 aromatic carbocycles. The molecule has 0 aliphatic carbocycles. The second kappa shape index (κ2) is 11.9. The molecule has 0 aromatic rings. The first-order valence-electron chi connectivity index (χ1n) is 8.74. The summed E-state index contributed by atoms with van der Waals surface area (Å²) < 4.78 is 11.9. The standard InChI is InChI=1S/C17H37N3OS/c1-7-9-10-11-12-15(3)20-16(18-8-2)19-13-14-22(21)17(4,5)6/h15H,7-14H2,1-6H3,(H2,18,19,20). The molecule has 2 unspecified atom stereocenters. The van der Waals surface area contributed by atoms with Crippen molar-refractivity contribution in [3.63, 3.8) is 0 Å². The van der Waals surface area contributed by atoms with E-state index in [1.54, 1.807) is 0 Å². The Hall–Kier alpha value is -0.580. The first-order chi connectivity index (χ1) is 10.3. The van der Waals surface area contributed by atoms with Crippen LogP contribution in [0.2, 0.25) is 0 Å². The molecule has 2 N–H and O–H groups in total. The predicted molar refractivity (Wildman–Crippen MR) is 100 cm³/mol. The highest BCUT2D eigenvalue weighted by atomic mass is 32.2. The summed E-state index contributed by atoms with van der Waals surface area (Å²) in [5.41, 5.74) is 0. The van der Waals surface area contributed by atoms with Gasteiger partial charge in [-0.2, -0.15) is 0 Å². The average Bonchev–Trinajstić information content (AvgIpc) is 2.42. The van der Waals surface area contributed by atoms with Crippen molar-refractivity contribution >= 4 is 16.8 Å². The number of guanidine groups is 1. The number of hydrogen-bond acceptors (Lipinski definition) is 2. The van der Waals surface area contributed by atoms with Gasteiger partial charge in [0.25, 0.3) is 0 Å². The molecule has 0 fully saturated rings. The van der Waals surface area contributed by atoms with E-state index in [9.17, 15) is 4.21 Å². The van der Waals surface area contributed by atoms with Crippen molar-refractivity contribution in [2.75, 3.05) is 18.8 Å². The fourth-order valence-corrected chi connectivity index (χ4v) is 2.92. The summed E-state index contributed by atoms with van der Waals surface area (Å²) in [5, 5.41) is 6.71. The zero-order valence-corrected chi connectivity index (χ0v) is 16.3. The number of nitrogens with zero attached hydrogens (tertiary/aromatic N) is 1. The lowest BCUT2D eigenvalue weighted by molar-refractivity contribution is 0.537. The maximum atomic E-state index is 12.0. The first-order valence-corrected chi connectivity index (χ1v) is 10.1. The molecule has 0 amide bonds. The zero-order valence-electron chi connectivity index (χ0n) is 15.5. The van der Waals surface area contributed by atoms with Gasteiger partial charge in [-0.15, -0.1) is 0 Å². The zero-order chi connectivity index (χ0) is 17.0. The number of nitrogens with one attached hydrogen (secondary N) is 2. The molecule has 0 radical (unpaired) electrons. The van der Waals surface area contributed by atoms with E-state index < -0.39 is 10.8 Å². The van der Waals surface area contributed by atoms with E-state index in [4.69, 9.17) is 0 Å². The van der Waals surface area contributed by atoms with Gasteiger partial charge in [-0.25, -0.2) is 0 Å². The largest absolute Gasteiger partial charge is 0.357 e. The smallest absolute Gasteiger partial charge is 0.191 e. The van der Waals surface area contributed by atoms with Crippen molar-refractivity contribution in [3.8, 4) is 0 Å². The Morgan fingerprint density at radius 3 is 2.41 bits per heavy atom. The Morgan fingerprint density at radius 2 is 1.86 bits per heavy atom. The van der Waals surface area contributed by atoms with Crippen molar-refractivity contribution in [1.29, 1.82) is 0 Å². The van der Waals surface area contributed by atoms with Gasteiger partial charge in [0, 0.05) is 33.9 Å². The van der Waals surface area contributed by atoms with Crippen molar-refractivity contribution in [2.45, 2.75) is 84.4 Å². The molecule has 2 atom stereocenters. The van der Waals surface area contributed by atoms with Crippen molar-refractivity contribution in [3.05, 3.63) is 0 Å². The topological polar surface area (TPSA) is 53.5 Å². The molecule has 22 heavy (non-hydrogen) atoms. The lowest BCUT2D eigenvalue weighted by Crippen LogP contribution is -2.42. The fraction of sp³-hybridized carbons (Fsp3) is 0.941. The molecule has 0 rings (SSSR count). The average molecular weight is 332 g/mol.